The van der Waals surface area contributed by atoms with Gasteiger partial charge in [-0.25, -0.2) is 18.1 Å². The van der Waals surface area contributed by atoms with Crippen LogP contribution in [-0.4, -0.2) is 25.0 Å². The molecular weight excluding hydrogens is 452 g/mol. The molecule has 4 aromatic rings. The second-order valence-corrected chi connectivity index (χ2v) is 10.4. The molecule has 158 valence electrons. The van der Waals surface area contributed by atoms with Crippen molar-refractivity contribution < 1.29 is 13.2 Å². The largest absolute Gasteiger partial charge is 0.274 e. The highest BCUT2D eigenvalue weighted by molar-refractivity contribution is 7.90. The number of para-hydroxylation sites is 1. The van der Waals surface area contributed by atoms with Gasteiger partial charge in [-0.15, -0.1) is 11.3 Å². The van der Waals surface area contributed by atoms with E-state index in [4.69, 9.17) is 0 Å². The van der Waals surface area contributed by atoms with Crippen molar-refractivity contribution in [1.82, 2.24) is 9.71 Å². The highest BCUT2D eigenvalue weighted by atomic mass is 32.2. The first-order chi connectivity index (χ1) is 14.8. The van der Waals surface area contributed by atoms with Crippen LogP contribution in [-0.2, 0) is 14.8 Å². The highest BCUT2D eigenvalue weighted by Gasteiger charge is 2.16. The van der Waals surface area contributed by atoms with Gasteiger partial charge in [0.25, 0.3) is 10.0 Å². The van der Waals surface area contributed by atoms with Gasteiger partial charge in [0.05, 0.1) is 25.7 Å². The lowest BCUT2D eigenvalue weighted by Gasteiger charge is -2.06. The monoisotopic (exact) mass is 470 g/mol. The number of benzene rings is 2. The number of hydrogen-bond acceptors (Lipinski definition) is 8. The first-order valence-electron chi connectivity index (χ1n) is 9.22. The van der Waals surface area contributed by atoms with Crippen molar-refractivity contribution in [3.05, 3.63) is 65.5 Å². The van der Waals surface area contributed by atoms with Crippen molar-refractivity contribution in [3.8, 4) is 10.4 Å². The van der Waals surface area contributed by atoms with E-state index in [9.17, 15) is 13.2 Å². The smallest absolute Gasteiger partial charge is 0.264 e. The molecule has 0 atom stereocenters. The van der Waals surface area contributed by atoms with E-state index < -0.39 is 15.9 Å². The number of hydrogen-bond donors (Lipinski definition) is 2. The van der Waals surface area contributed by atoms with E-state index >= 15 is 0 Å². The number of nitrogens with zero attached hydrogens (tertiary/aromatic N) is 2. The van der Waals surface area contributed by atoms with E-state index in [0.29, 0.717) is 5.13 Å². The summed E-state index contributed by atoms with van der Waals surface area (Å²) in [6, 6.07) is 18.2. The first kappa shape index (κ1) is 21.2. The van der Waals surface area contributed by atoms with Gasteiger partial charge in [0.2, 0.25) is 11.0 Å². The van der Waals surface area contributed by atoms with Crippen LogP contribution in [0, 0.1) is 0 Å². The van der Waals surface area contributed by atoms with Crippen LogP contribution in [0.15, 0.2) is 70.7 Å². The minimum absolute atomic E-state index is 0.0399. The number of carbonyl (C=O) groups excluding carboxylic acids is 1. The average Bonchev–Trinajstić information content (AvgIpc) is 3.38. The summed E-state index contributed by atoms with van der Waals surface area (Å²) in [5.74, 6) is -0.628. The number of thiophene rings is 1. The molecule has 0 bridgehead atoms. The van der Waals surface area contributed by atoms with Crippen molar-refractivity contribution in [2.75, 3.05) is 5.43 Å². The minimum atomic E-state index is -3.88. The van der Waals surface area contributed by atoms with Gasteiger partial charge in [-0.1, -0.05) is 35.6 Å². The number of nitrogens with one attached hydrogen (secondary N) is 2. The Labute approximate surface area is 187 Å². The third-order valence-electron chi connectivity index (χ3n) is 4.28. The number of anilines is 1. The number of carbonyl (C=O) groups is 1. The van der Waals surface area contributed by atoms with Crippen LogP contribution >= 0.6 is 22.7 Å². The van der Waals surface area contributed by atoms with E-state index in [-0.39, 0.29) is 4.90 Å². The normalized spacial score (nSPS) is 12.1. The standard InChI is InChI=1S/C21H18N4O3S3/c1-13(23-24-21-22-17-8-3-4-9-20(17)30-21)18-10-11-19(29-18)15-6-5-7-16(12-15)31(27,28)25-14(2)26/h3-12H,1-2H3,(H,22,24)(H,25,26). The number of sulfonamides is 1. The summed E-state index contributed by atoms with van der Waals surface area (Å²) in [6.07, 6.45) is 0. The van der Waals surface area contributed by atoms with Crippen LogP contribution < -0.4 is 10.1 Å². The van der Waals surface area contributed by atoms with E-state index in [2.05, 4.69) is 15.5 Å². The first-order valence-corrected chi connectivity index (χ1v) is 12.3. The molecule has 1 amide bonds. The molecular formula is C21H18N4O3S3. The van der Waals surface area contributed by atoms with Gasteiger partial charge in [-0.05, 0) is 48.9 Å². The molecule has 0 saturated heterocycles. The average molecular weight is 471 g/mol. The molecule has 4 rings (SSSR count). The van der Waals surface area contributed by atoms with Crippen LogP contribution in [0.25, 0.3) is 20.7 Å². The summed E-state index contributed by atoms with van der Waals surface area (Å²) in [7, 11) is -3.88. The Morgan fingerprint density at radius 2 is 1.81 bits per heavy atom. The lowest BCUT2D eigenvalue weighted by molar-refractivity contribution is -0.117. The topological polar surface area (TPSA) is 101 Å². The zero-order valence-corrected chi connectivity index (χ0v) is 19.1. The Balaban J connectivity index is 1.54. The summed E-state index contributed by atoms with van der Waals surface area (Å²) in [6.45, 7) is 3.06. The maximum Gasteiger partial charge on any atom is 0.264 e. The van der Waals surface area contributed by atoms with Crippen molar-refractivity contribution in [3.63, 3.8) is 0 Å². The predicted octanol–water partition coefficient (Wildman–Crippen LogP) is 4.69. The fraction of sp³-hybridized carbons (Fsp3) is 0.0952. The Bertz CT molecular complexity index is 1370. The van der Waals surface area contributed by atoms with Crippen LogP contribution in [0.1, 0.15) is 18.7 Å². The molecule has 0 aliphatic heterocycles. The second kappa shape index (κ2) is 8.58. The number of thiazole rings is 1. The maximum atomic E-state index is 12.3. The van der Waals surface area contributed by atoms with E-state index in [1.54, 1.807) is 12.1 Å². The fourth-order valence-electron chi connectivity index (χ4n) is 2.86. The molecule has 7 nitrogen and oxygen atoms in total. The summed E-state index contributed by atoms with van der Waals surface area (Å²) in [5, 5.41) is 5.15. The van der Waals surface area contributed by atoms with Gasteiger partial charge in [-0.2, -0.15) is 5.10 Å². The third-order valence-corrected chi connectivity index (χ3v) is 7.90. The van der Waals surface area contributed by atoms with Gasteiger partial charge in [0.1, 0.15) is 0 Å². The van der Waals surface area contributed by atoms with Crippen molar-refractivity contribution in [1.29, 1.82) is 0 Å². The molecule has 0 aliphatic rings. The predicted molar refractivity (Wildman–Crippen MR) is 126 cm³/mol. The molecule has 0 aliphatic carbocycles. The van der Waals surface area contributed by atoms with Crippen molar-refractivity contribution in [2.45, 2.75) is 18.7 Å². The molecule has 2 aromatic carbocycles. The Hall–Kier alpha value is -3.08. The molecule has 0 spiro atoms. The Kier molecular flexibility index (Phi) is 5.86. The molecule has 10 heteroatoms. The van der Waals surface area contributed by atoms with Crippen molar-refractivity contribution >= 4 is 59.7 Å². The molecule has 0 fully saturated rings. The van der Waals surface area contributed by atoms with Gasteiger partial charge in [0.15, 0.2) is 0 Å². The molecule has 0 radical (unpaired) electrons. The number of amides is 1. The number of fused-ring (bicyclic) bond motifs is 1. The third kappa shape index (κ3) is 4.82. The summed E-state index contributed by atoms with van der Waals surface area (Å²) >= 11 is 3.03. The molecule has 2 heterocycles. The number of aromatic nitrogens is 1. The van der Waals surface area contributed by atoms with E-state index in [1.807, 2.05) is 54.1 Å². The van der Waals surface area contributed by atoms with Gasteiger partial charge < -0.3 is 0 Å². The van der Waals surface area contributed by atoms with Crippen LogP contribution in [0.2, 0.25) is 0 Å². The van der Waals surface area contributed by atoms with Gasteiger partial charge >= 0.3 is 0 Å². The summed E-state index contributed by atoms with van der Waals surface area (Å²) in [5.41, 5.74) is 5.47. The molecule has 2 N–H and O–H groups in total. The highest BCUT2D eigenvalue weighted by Crippen LogP contribution is 2.30. The van der Waals surface area contributed by atoms with Crippen LogP contribution in [0.3, 0.4) is 0 Å². The van der Waals surface area contributed by atoms with Crippen molar-refractivity contribution in [2.24, 2.45) is 5.10 Å². The summed E-state index contributed by atoms with van der Waals surface area (Å²) < 4.78 is 27.6. The maximum absolute atomic E-state index is 12.3. The molecule has 0 unspecified atom stereocenters. The minimum Gasteiger partial charge on any atom is -0.274 e. The quantitative estimate of drug-likeness (QED) is 0.315. The Morgan fingerprint density at radius 3 is 2.58 bits per heavy atom. The molecule has 0 saturated carbocycles. The molecule has 31 heavy (non-hydrogen) atoms. The summed E-state index contributed by atoms with van der Waals surface area (Å²) in [4.78, 5) is 17.5. The fourth-order valence-corrected chi connectivity index (χ4v) is 5.65. The SMILES string of the molecule is CC(=O)NS(=O)(=O)c1cccc(-c2ccc(C(C)=NNc3nc4ccccc4s3)s2)c1. The lowest BCUT2D eigenvalue weighted by atomic mass is 10.2. The Morgan fingerprint density at radius 1 is 1.00 bits per heavy atom. The van der Waals surface area contributed by atoms with Crippen LogP contribution in [0.5, 0.6) is 0 Å². The molecule has 2 aromatic heterocycles. The zero-order valence-electron chi connectivity index (χ0n) is 16.6. The van der Waals surface area contributed by atoms with E-state index in [1.165, 1.54) is 28.7 Å². The second-order valence-electron chi connectivity index (χ2n) is 6.65. The zero-order chi connectivity index (χ0) is 22.0. The van der Waals surface area contributed by atoms with Gasteiger partial charge in [-0.3, -0.25) is 10.2 Å². The van der Waals surface area contributed by atoms with E-state index in [0.717, 1.165) is 38.2 Å². The van der Waals surface area contributed by atoms with Crippen LogP contribution in [0.4, 0.5) is 5.13 Å². The van der Waals surface area contributed by atoms with Gasteiger partial charge in [0, 0.05) is 11.8 Å². The number of hydrazone groups is 1. The lowest BCUT2D eigenvalue weighted by Crippen LogP contribution is -2.28. The number of rotatable bonds is 6.